The highest BCUT2D eigenvalue weighted by molar-refractivity contribution is 5.90. The van der Waals surface area contributed by atoms with E-state index in [1.165, 1.54) is 25.7 Å². The Hall–Kier alpha value is -1.26. The van der Waals surface area contributed by atoms with Crippen molar-refractivity contribution in [1.29, 1.82) is 0 Å². The van der Waals surface area contributed by atoms with Crippen molar-refractivity contribution in [3.8, 4) is 0 Å². The molecular weight excluding hydrogens is 244 g/mol. The highest BCUT2D eigenvalue weighted by Crippen LogP contribution is 2.31. The zero-order chi connectivity index (χ0) is 13.7. The first-order valence-electron chi connectivity index (χ1n) is 7.40. The maximum atomic E-state index is 11.5. The van der Waals surface area contributed by atoms with Crippen molar-refractivity contribution < 1.29 is 14.3 Å². The molecule has 0 unspecified atom stereocenters. The van der Waals surface area contributed by atoms with Crippen molar-refractivity contribution >= 4 is 12.0 Å². The first kappa shape index (κ1) is 14.2. The van der Waals surface area contributed by atoms with Gasteiger partial charge >= 0.3 is 6.09 Å². The molecule has 1 atom stereocenters. The molecule has 2 amide bonds. The Morgan fingerprint density at radius 1 is 1.32 bits per heavy atom. The molecule has 1 saturated carbocycles. The summed E-state index contributed by atoms with van der Waals surface area (Å²) in [6.07, 6.45) is 6.95. The molecule has 2 aliphatic rings. The zero-order valence-corrected chi connectivity index (χ0v) is 11.6. The van der Waals surface area contributed by atoms with E-state index in [-0.39, 0.29) is 5.91 Å². The van der Waals surface area contributed by atoms with Crippen molar-refractivity contribution in [2.75, 3.05) is 13.2 Å². The molecule has 19 heavy (non-hydrogen) atoms. The number of ether oxygens (including phenoxy) is 1. The summed E-state index contributed by atoms with van der Waals surface area (Å²) >= 11 is 0. The van der Waals surface area contributed by atoms with Gasteiger partial charge in [-0.25, -0.2) is 4.79 Å². The summed E-state index contributed by atoms with van der Waals surface area (Å²) in [5, 5.41) is 5.14. The first-order chi connectivity index (χ1) is 9.19. The standard InChI is InChI=1S/C14H24N2O3/c1-2-3-10-4-6-11(7-5-10)9-19-14(18)16-12-8-15-13(12)17/h10-12H,2-9H2,1H3,(H,15,17)(H,16,18)/t10?,11?,12-/m0/s1. The van der Waals surface area contributed by atoms with Gasteiger partial charge in [-0.1, -0.05) is 32.6 Å². The monoisotopic (exact) mass is 268 g/mol. The van der Waals surface area contributed by atoms with Crippen LogP contribution in [0.15, 0.2) is 0 Å². The largest absolute Gasteiger partial charge is 0.449 e. The maximum Gasteiger partial charge on any atom is 0.407 e. The third-order valence-electron chi connectivity index (χ3n) is 4.20. The second kappa shape index (κ2) is 6.78. The molecule has 0 spiro atoms. The molecule has 5 nitrogen and oxygen atoms in total. The number of carbonyl (C=O) groups excluding carboxylic acids is 2. The summed E-state index contributed by atoms with van der Waals surface area (Å²) in [6.45, 7) is 3.23. The van der Waals surface area contributed by atoms with Gasteiger partial charge < -0.3 is 15.4 Å². The summed E-state index contributed by atoms with van der Waals surface area (Å²) in [6, 6.07) is -0.396. The van der Waals surface area contributed by atoms with Gasteiger partial charge in [-0.05, 0) is 24.7 Å². The Kier molecular flexibility index (Phi) is 5.05. The normalized spacial score (nSPS) is 30.2. The Morgan fingerprint density at radius 3 is 2.53 bits per heavy atom. The predicted molar refractivity (Wildman–Crippen MR) is 71.6 cm³/mol. The number of nitrogens with one attached hydrogen (secondary N) is 2. The van der Waals surface area contributed by atoms with Gasteiger partial charge in [0.05, 0.1) is 6.61 Å². The lowest BCUT2D eigenvalue weighted by molar-refractivity contribution is -0.128. The molecule has 0 aromatic rings. The van der Waals surface area contributed by atoms with E-state index < -0.39 is 12.1 Å². The van der Waals surface area contributed by atoms with Crippen molar-refractivity contribution in [1.82, 2.24) is 10.6 Å². The number of hydrogen-bond acceptors (Lipinski definition) is 3. The second-order valence-electron chi connectivity index (χ2n) is 5.72. The Bertz CT molecular complexity index is 325. The van der Waals surface area contributed by atoms with Gasteiger partial charge in [0.25, 0.3) is 0 Å². The number of amides is 2. The van der Waals surface area contributed by atoms with Gasteiger partial charge in [0, 0.05) is 6.54 Å². The lowest BCUT2D eigenvalue weighted by atomic mass is 9.80. The van der Waals surface area contributed by atoms with Crippen molar-refractivity contribution in [3.05, 3.63) is 0 Å². The van der Waals surface area contributed by atoms with Crippen LogP contribution in [0.2, 0.25) is 0 Å². The molecule has 108 valence electrons. The van der Waals surface area contributed by atoms with Gasteiger partial charge in [-0.3, -0.25) is 4.79 Å². The van der Waals surface area contributed by atoms with Crippen LogP contribution in [-0.2, 0) is 9.53 Å². The van der Waals surface area contributed by atoms with Gasteiger partial charge in [0.15, 0.2) is 0 Å². The lowest BCUT2D eigenvalue weighted by Gasteiger charge is -2.29. The summed E-state index contributed by atoms with van der Waals surface area (Å²) < 4.78 is 5.20. The van der Waals surface area contributed by atoms with Crippen molar-refractivity contribution in [2.24, 2.45) is 11.8 Å². The number of rotatable bonds is 5. The maximum absolute atomic E-state index is 11.5. The van der Waals surface area contributed by atoms with Crippen molar-refractivity contribution in [2.45, 2.75) is 51.5 Å². The molecule has 1 heterocycles. The van der Waals surface area contributed by atoms with Crippen LogP contribution in [0.1, 0.15) is 45.4 Å². The van der Waals surface area contributed by atoms with E-state index in [1.807, 2.05) is 0 Å². The third kappa shape index (κ3) is 4.11. The van der Waals surface area contributed by atoms with Crippen LogP contribution in [-0.4, -0.2) is 31.2 Å². The molecule has 0 radical (unpaired) electrons. The van der Waals surface area contributed by atoms with Crippen LogP contribution in [0.4, 0.5) is 4.79 Å². The average Bonchev–Trinajstić information content (AvgIpc) is 2.43. The Balaban J connectivity index is 1.58. The van der Waals surface area contributed by atoms with E-state index in [9.17, 15) is 9.59 Å². The fourth-order valence-electron chi connectivity index (χ4n) is 2.88. The van der Waals surface area contributed by atoms with Crippen LogP contribution in [0.25, 0.3) is 0 Å². The van der Waals surface area contributed by atoms with E-state index in [2.05, 4.69) is 17.6 Å². The summed E-state index contributed by atoms with van der Waals surface area (Å²) in [7, 11) is 0. The van der Waals surface area contributed by atoms with Gasteiger partial charge in [0.2, 0.25) is 5.91 Å². The van der Waals surface area contributed by atoms with Crippen LogP contribution < -0.4 is 10.6 Å². The van der Waals surface area contributed by atoms with E-state index in [4.69, 9.17) is 4.74 Å². The van der Waals surface area contributed by atoms with Crippen LogP contribution in [0, 0.1) is 11.8 Å². The minimum atomic E-state index is -0.462. The molecule has 2 N–H and O–H groups in total. The molecular formula is C14H24N2O3. The fraction of sp³-hybridized carbons (Fsp3) is 0.857. The lowest BCUT2D eigenvalue weighted by Crippen LogP contribution is -2.61. The quantitative estimate of drug-likeness (QED) is 0.747. The molecule has 2 fully saturated rings. The zero-order valence-electron chi connectivity index (χ0n) is 11.6. The molecule has 1 saturated heterocycles. The summed E-state index contributed by atoms with van der Waals surface area (Å²) in [4.78, 5) is 22.5. The molecule has 1 aliphatic heterocycles. The first-order valence-corrected chi connectivity index (χ1v) is 7.40. The number of β-lactam (4-membered cyclic amide) rings is 1. The molecule has 1 aliphatic carbocycles. The summed E-state index contributed by atoms with van der Waals surface area (Å²) in [5.41, 5.74) is 0. The second-order valence-corrected chi connectivity index (χ2v) is 5.72. The number of carbonyl (C=O) groups is 2. The smallest absolute Gasteiger partial charge is 0.407 e. The SMILES string of the molecule is CCCC1CCC(COC(=O)N[C@H]2CNC2=O)CC1. The fourth-order valence-corrected chi connectivity index (χ4v) is 2.88. The Morgan fingerprint density at radius 2 is 2.00 bits per heavy atom. The highest BCUT2D eigenvalue weighted by Gasteiger charge is 2.30. The summed E-state index contributed by atoms with van der Waals surface area (Å²) in [5.74, 6) is 1.24. The van der Waals surface area contributed by atoms with Crippen LogP contribution in [0.5, 0.6) is 0 Å². The van der Waals surface area contributed by atoms with Crippen molar-refractivity contribution in [3.63, 3.8) is 0 Å². The molecule has 0 aromatic heterocycles. The minimum absolute atomic E-state index is 0.128. The van der Waals surface area contributed by atoms with E-state index in [1.54, 1.807) is 0 Å². The number of hydrogen-bond donors (Lipinski definition) is 2. The molecule has 0 bridgehead atoms. The van der Waals surface area contributed by atoms with Crippen LogP contribution in [0.3, 0.4) is 0 Å². The Labute approximate surface area is 114 Å². The average molecular weight is 268 g/mol. The number of alkyl carbamates (subject to hydrolysis) is 1. The molecule has 5 heteroatoms. The van der Waals surface area contributed by atoms with Gasteiger partial charge in [-0.15, -0.1) is 0 Å². The van der Waals surface area contributed by atoms with Gasteiger partial charge in [-0.2, -0.15) is 0 Å². The topological polar surface area (TPSA) is 67.4 Å². The predicted octanol–water partition coefficient (Wildman–Crippen LogP) is 1.82. The highest BCUT2D eigenvalue weighted by atomic mass is 16.5. The van der Waals surface area contributed by atoms with Crippen LogP contribution >= 0.6 is 0 Å². The minimum Gasteiger partial charge on any atom is -0.449 e. The molecule has 2 rings (SSSR count). The van der Waals surface area contributed by atoms with Gasteiger partial charge in [0.1, 0.15) is 6.04 Å². The van der Waals surface area contributed by atoms with E-state index in [0.717, 1.165) is 18.8 Å². The van der Waals surface area contributed by atoms with E-state index >= 15 is 0 Å². The third-order valence-corrected chi connectivity index (χ3v) is 4.20. The molecule has 0 aromatic carbocycles. The van der Waals surface area contributed by atoms with E-state index in [0.29, 0.717) is 19.1 Å².